The molecule has 0 atom stereocenters. The van der Waals surface area contributed by atoms with Crippen molar-refractivity contribution in [2.24, 2.45) is 10.9 Å². The molecule has 118 valence electrons. The lowest BCUT2D eigenvalue weighted by Gasteiger charge is -2.11. The highest BCUT2D eigenvalue weighted by molar-refractivity contribution is 6.30. The number of hydrogen-bond acceptors (Lipinski definition) is 4. The van der Waals surface area contributed by atoms with Gasteiger partial charge < -0.3 is 15.2 Å². The van der Waals surface area contributed by atoms with Crippen LogP contribution in [0.4, 0.5) is 0 Å². The molecule has 7 heteroatoms. The van der Waals surface area contributed by atoms with E-state index in [4.69, 9.17) is 16.1 Å². The van der Waals surface area contributed by atoms with Crippen LogP contribution in [0.5, 0.6) is 0 Å². The first-order chi connectivity index (χ1) is 10.6. The highest BCUT2D eigenvalue weighted by Crippen LogP contribution is 2.19. The number of halogens is 1. The van der Waals surface area contributed by atoms with Crippen molar-refractivity contribution in [3.8, 4) is 11.4 Å². The largest absolute Gasteiger partial charge is 0.356 e. The fourth-order valence-electron chi connectivity index (χ4n) is 1.75. The molecule has 1 heterocycles. The number of benzene rings is 1. The Balaban J connectivity index is 1.95. The summed E-state index contributed by atoms with van der Waals surface area (Å²) >= 11 is 5.96. The summed E-state index contributed by atoms with van der Waals surface area (Å²) < 4.78 is 5.23. The van der Waals surface area contributed by atoms with Gasteiger partial charge in [0.2, 0.25) is 11.7 Å². The van der Waals surface area contributed by atoms with Crippen LogP contribution in [-0.4, -0.2) is 29.7 Å². The van der Waals surface area contributed by atoms with Gasteiger partial charge >= 0.3 is 0 Å². The van der Waals surface area contributed by atoms with Crippen molar-refractivity contribution in [1.82, 2.24) is 20.8 Å². The summed E-state index contributed by atoms with van der Waals surface area (Å²) in [5.74, 6) is 2.25. The molecule has 2 N–H and O–H groups in total. The third kappa shape index (κ3) is 4.73. The van der Waals surface area contributed by atoms with Gasteiger partial charge in [-0.2, -0.15) is 4.98 Å². The van der Waals surface area contributed by atoms with Crippen molar-refractivity contribution in [3.05, 3.63) is 35.2 Å². The maximum atomic E-state index is 5.96. The molecule has 1 aromatic carbocycles. The van der Waals surface area contributed by atoms with Crippen LogP contribution in [0.3, 0.4) is 0 Å². The third-order valence-corrected chi connectivity index (χ3v) is 3.09. The second kappa shape index (κ2) is 7.79. The molecule has 0 aliphatic carbocycles. The van der Waals surface area contributed by atoms with E-state index in [0.29, 0.717) is 35.2 Å². The molecular formula is C15H20ClN5O. The monoisotopic (exact) mass is 321 g/mol. The van der Waals surface area contributed by atoms with E-state index in [-0.39, 0.29) is 0 Å². The summed E-state index contributed by atoms with van der Waals surface area (Å²) in [6.07, 6.45) is 0. The van der Waals surface area contributed by atoms with Crippen LogP contribution in [0.2, 0.25) is 5.02 Å². The molecule has 6 nitrogen and oxygen atoms in total. The summed E-state index contributed by atoms with van der Waals surface area (Å²) in [5, 5.41) is 11.0. The Labute approximate surface area is 135 Å². The average molecular weight is 322 g/mol. The van der Waals surface area contributed by atoms with Crippen molar-refractivity contribution >= 4 is 17.6 Å². The van der Waals surface area contributed by atoms with Gasteiger partial charge in [-0.05, 0) is 18.1 Å². The molecule has 0 saturated carbocycles. The molecule has 0 fully saturated rings. The molecule has 0 spiro atoms. The molecule has 22 heavy (non-hydrogen) atoms. The molecule has 2 aromatic rings. The van der Waals surface area contributed by atoms with Gasteiger partial charge in [-0.3, -0.25) is 4.99 Å². The van der Waals surface area contributed by atoms with Gasteiger partial charge in [0.15, 0.2) is 5.96 Å². The van der Waals surface area contributed by atoms with Gasteiger partial charge in [-0.25, -0.2) is 0 Å². The highest BCUT2D eigenvalue weighted by atomic mass is 35.5. The number of guanidine groups is 1. The molecule has 0 unspecified atom stereocenters. The fraction of sp³-hybridized carbons (Fsp3) is 0.400. The smallest absolute Gasteiger partial charge is 0.246 e. The second-order valence-corrected chi connectivity index (χ2v) is 5.66. The molecule has 0 bridgehead atoms. The minimum atomic E-state index is 0.408. The van der Waals surface area contributed by atoms with Crippen LogP contribution in [0.15, 0.2) is 33.8 Å². The van der Waals surface area contributed by atoms with Crippen LogP contribution in [0, 0.1) is 5.92 Å². The SMILES string of the molecule is CN=C(NCc1nc(-c2cccc(Cl)c2)no1)NCC(C)C. The number of rotatable bonds is 5. The Hall–Kier alpha value is -2.08. The molecule has 0 saturated heterocycles. The lowest BCUT2D eigenvalue weighted by atomic mass is 10.2. The van der Waals surface area contributed by atoms with Gasteiger partial charge in [0.25, 0.3) is 0 Å². The zero-order valence-electron chi connectivity index (χ0n) is 12.9. The summed E-state index contributed by atoms with van der Waals surface area (Å²) in [7, 11) is 1.72. The summed E-state index contributed by atoms with van der Waals surface area (Å²) in [4.78, 5) is 8.48. The van der Waals surface area contributed by atoms with Crippen molar-refractivity contribution in [1.29, 1.82) is 0 Å². The van der Waals surface area contributed by atoms with Gasteiger partial charge in [0, 0.05) is 24.2 Å². The van der Waals surface area contributed by atoms with Crippen LogP contribution < -0.4 is 10.6 Å². The molecule has 1 aromatic heterocycles. The number of nitrogens with one attached hydrogen (secondary N) is 2. The van der Waals surface area contributed by atoms with Crippen molar-refractivity contribution in [2.75, 3.05) is 13.6 Å². The minimum Gasteiger partial charge on any atom is -0.356 e. The Morgan fingerprint density at radius 1 is 1.36 bits per heavy atom. The quantitative estimate of drug-likeness (QED) is 0.654. The predicted octanol–water partition coefficient (Wildman–Crippen LogP) is 2.71. The van der Waals surface area contributed by atoms with E-state index in [0.717, 1.165) is 12.1 Å². The zero-order valence-corrected chi connectivity index (χ0v) is 13.7. The van der Waals surface area contributed by atoms with Crippen molar-refractivity contribution < 1.29 is 4.52 Å². The number of aliphatic imine (C=N–C) groups is 1. The van der Waals surface area contributed by atoms with Gasteiger partial charge in [-0.1, -0.05) is 42.7 Å². The minimum absolute atomic E-state index is 0.408. The first kappa shape index (κ1) is 16.3. The molecule has 0 radical (unpaired) electrons. The molecule has 2 rings (SSSR count). The topological polar surface area (TPSA) is 75.3 Å². The Morgan fingerprint density at radius 3 is 2.86 bits per heavy atom. The number of hydrogen-bond donors (Lipinski definition) is 2. The zero-order chi connectivity index (χ0) is 15.9. The van der Waals surface area contributed by atoms with E-state index in [9.17, 15) is 0 Å². The highest BCUT2D eigenvalue weighted by Gasteiger charge is 2.09. The fourth-order valence-corrected chi connectivity index (χ4v) is 1.94. The molecular weight excluding hydrogens is 302 g/mol. The van der Waals surface area contributed by atoms with Crippen LogP contribution >= 0.6 is 11.6 Å². The lowest BCUT2D eigenvalue weighted by molar-refractivity contribution is 0.375. The Bertz CT molecular complexity index is 638. The molecule has 0 amide bonds. The Morgan fingerprint density at radius 2 is 2.18 bits per heavy atom. The average Bonchev–Trinajstić information content (AvgIpc) is 2.96. The van der Waals surface area contributed by atoms with E-state index in [1.807, 2.05) is 12.1 Å². The van der Waals surface area contributed by atoms with Gasteiger partial charge in [-0.15, -0.1) is 0 Å². The predicted molar refractivity (Wildman–Crippen MR) is 87.8 cm³/mol. The maximum absolute atomic E-state index is 5.96. The third-order valence-electron chi connectivity index (χ3n) is 2.86. The first-order valence-corrected chi connectivity index (χ1v) is 7.49. The summed E-state index contributed by atoms with van der Waals surface area (Å²) in [6.45, 7) is 5.52. The van der Waals surface area contributed by atoms with E-state index in [2.05, 4.69) is 39.6 Å². The van der Waals surface area contributed by atoms with Crippen molar-refractivity contribution in [2.45, 2.75) is 20.4 Å². The van der Waals surface area contributed by atoms with Crippen molar-refractivity contribution in [3.63, 3.8) is 0 Å². The maximum Gasteiger partial charge on any atom is 0.246 e. The summed E-state index contributed by atoms with van der Waals surface area (Å²) in [5.41, 5.74) is 0.824. The van der Waals surface area contributed by atoms with Crippen LogP contribution in [0.1, 0.15) is 19.7 Å². The molecule has 0 aliphatic heterocycles. The van der Waals surface area contributed by atoms with E-state index < -0.39 is 0 Å². The normalized spacial score (nSPS) is 11.8. The Kier molecular flexibility index (Phi) is 5.77. The second-order valence-electron chi connectivity index (χ2n) is 5.22. The first-order valence-electron chi connectivity index (χ1n) is 7.11. The number of aromatic nitrogens is 2. The number of nitrogens with zero attached hydrogens (tertiary/aromatic N) is 3. The van der Waals surface area contributed by atoms with Gasteiger partial charge in [0.1, 0.15) is 0 Å². The standard InChI is InChI=1S/C15H20ClN5O/c1-10(2)8-18-15(17-3)19-9-13-20-14(21-22-13)11-5-4-6-12(16)7-11/h4-7,10H,8-9H2,1-3H3,(H2,17,18,19). The van der Waals surface area contributed by atoms with E-state index >= 15 is 0 Å². The summed E-state index contributed by atoms with van der Waals surface area (Å²) in [6, 6.07) is 7.34. The van der Waals surface area contributed by atoms with E-state index in [1.54, 1.807) is 19.2 Å². The van der Waals surface area contributed by atoms with Gasteiger partial charge in [0.05, 0.1) is 6.54 Å². The van der Waals surface area contributed by atoms with Crippen LogP contribution in [0.25, 0.3) is 11.4 Å². The lowest BCUT2D eigenvalue weighted by Crippen LogP contribution is -2.38. The van der Waals surface area contributed by atoms with Crippen LogP contribution in [-0.2, 0) is 6.54 Å². The van der Waals surface area contributed by atoms with E-state index in [1.165, 1.54) is 0 Å². The molecule has 0 aliphatic rings.